The molecule has 1 unspecified atom stereocenters. The van der Waals surface area contributed by atoms with Gasteiger partial charge in [0, 0.05) is 30.1 Å². The Morgan fingerprint density at radius 2 is 1.69 bits per heavy atom. The van der Waals surface area contributed by atoms with E-state index in [1.807, 2.05) is 13.8 Å². The second kappa shape index (κ2) is 8.89. The van der Waals surface area contributed by atoms with E-state index in [4.69, 9.17) is 9.47 Å². The molecule has 1 aromatic rings. The summed E-state index contributed by atoms with van der Waals surface area (Å²) in [4.78, 5) is 38.5. The quantitative estimate of drug-likeness (QED) is 0.408. The van der Waals surface area contributed by atoms with Crippen LogP contribution < -0.4 is 0 Å². The number of methoxy groups -OCH3 is 1. The molecule has 0 aliphatic carbocycles. The lowest BCUT2D eigenvalue weighted by molar-refractivity contribution is -0.385. The summed E-state index contributed by atoms with van der Waals surface area (Å²) < 4.78 is 10.4. The van der Waals surface area contributed by atoms with Gasteiger partial charge in [-0.15, -0.1) is 0 Å². The van der Waals surface area contributed by atoms with Crippen LogP contribution in [-0.2, 0) is 19.1 Å². The van der Waals surface area contributed by atoms with Crippen molar-refractivity contribution >= 4 is 17.6 Å². The van der Waals surface area contributed by atoms with Crippen LogP contribution in [0.4, 0.5) is 5.69 Å². The third-order valence-electron chi connectivity index (χ3n) is 4.98. The number of ether oxygens (including phenoxy) is 2. The summed E-state index contributed by atoms with van der Waals surface area (Å²) in [5, 5.41) is 11.7. The number of nitro groups is 1. The van der Waals surface area contributed by atoms with Crippen LogP contribution in [0.2, 0.25) is 0 Å². The second-order valence-corrected chi connectivity index (χ2v) is 7.29. The molecule has 1 aliphatic heterocycles. The number of esters is 2. The first-order valence-corrected chi connectivity index (χ1v) is 9.25. The minimum atomic E-state index is -0.972. The standard InChI is InChI=1S/C21H26N2O6/c1-12(2)11-29-21(25)18-14(4)22(5)13(3)17(20(24)28-6)19(18)15-9-7-8-10-16(15)23(26)27/h7-10,12,19H,11H2,1-6H3. The van der Waals surface area contributed by atoms with Crippen LogP contribution in [0.1, 0.15) is 39.2 Å². The third kappa shape index (κ3) is 4.31. The highest BCUT2D eigenvalue weighted by Crippen LogP contribution is 2.44. The molecular formula is C21H26N2O6. The molecule has 29 heavy (non-hydrogen) atoms. The van der Waals surface area contributed by atoms with Gasteiger partial charge in [-0.3, -0.25) is 10.1 Å². The minimum Gasteiger partial charge on any atom is -0.466 e. The fourth-order valence-corrected chi connectivity index (χ4v) is 3.35. The largest absolute Gasteiger partial charge is 0.466 e. The predicted molar refractivity (Wildman–Crippen MR) is 107 cm³/mol. The number of allylic oxidation sites excluding steroid dienone is 2. The summed E-state index contributed by atoms with van der Waals surface area (Å²) in [5.41, 5.74) is 1.53. The Hall–Kier alpha value is -3.16. The number of hydrogen-bond donors (Lipinski definition) is 0. The van der Waals surface area contributed by atoms with Crippen LogP contribution in [0.3, 0.4) is 0 Å². The Labute approximate surface area is 169 Å². The summed E-state index contributed by atoms with van der Waals surface area (Å²) in [5.74, 6) is -2.12. The number of rotatable bonds is 6. The molecule has 1 heterocycles. The number of carbonyl (C=O) groups excluding carboxylic acids is 2. The van der Waals surface area contributed by atoms with E-state index in [-0.39, 0.29) is 34.9 Å². The van der Waals surface area contributed by atoms with Gasteiger partial charge in [0.25, 0.3) is 5.69 Å². The Morgan fingerprint density at radius 3 is 2.21 bits per heavy atom. The summed E-state index contributed by atoms with van der Waals surface area (Å²) >= 11 is 0. The first-order valence-electron chi connectivity index (χ1n) is 9.25. The van der Waals surface area contributed by atoms with Crippen LogP contribution in [0.25, 0.3) is 0 Å². The van der Waals surface area contributed by atoms with E-state index < -0.39 is 22.8 Å². The highest BCUT2D eigenvalue weighted by molar-refractivity contribution is 6.00. The van der Waals surface area contributed by atoms with E-state index in [1.54, 1.807) is 37.9 Å². The van der Waals surface area contributed by atoms with Crippen LogP contribution in [0, 0.1) is 16.0 Å². The van der Waals surface area contributed by atoms with Gasteiger partial charge in [-0.05, 0) is 19.8 Å². The van der Waals surface area contributed by atoms with Crippen LogP contribution >= 0.6 is 0 Å². The Kier molecular flexibility index (Phi) is 6.79. The van der Waals surface area contributed by atoms with E-state index in [9.17, 15) is 19.7 Å². The first-order chi connectivity index (χ1) is 13.6. The van der Waals surface area contributed by atoms with Gasteiger partial charge >= 0.3 is 11.9 Å². The van der Waals surface area contributed by atoms with Crippen LogP contribution in [0.5, 0.6) is 0 Å². The van der Waals surface area contributed by atoms with Gasteiger partial charge in [-0.2, -0.15) is 0 Å². The molecule has 0 bridgehead atoms. The maximum absolute atomic E-state index is 13.0. The van der Waals surface area contributed by atoms with Gasteiger partial charge in [0.15, 0.2) is 0 Å². The molecule has 0 saturated carbocycles. The number of benzene rings is 1. The smallest absolute Gasteiger partial charge is 0.336 e. The van der Waals surface area contributed by atoms with Gasteiger partial charge in [0.05, 0.1) is 35.7 Å². The predicted octanol–water partition coefficient (Wildman–Crippen LogP) is 3.54. The Bertz CT molecular complexity index is 900. The highest BCUT2D eigenvalue weighted by Gasteiger charge is 2.42. The van der Waals surface area contributed by atoms with E-state index in [1.165, 1.54) is 19.2 Å². The maximum Gasteiger partial charge on any atom is 0.336 e. The average molecular weight is 402 g/mol. The third-order valence-corrected chi connectivity index (χ3v) is 4.98. The topological polar surface area (TPSA) is 99.0 Å². The Balaban J connectivity index is 2.77. The normalized spacial score (nSPS) is 16.9. The number of hydrogen-bond acceptors (Lipinski definition) is 7. The van der Waals surface area contributed by atoms with Gasteiger partial charge < -0.3 is 14.4 Å². The number of para-hydroxylation sites is 1. The molecule has 0 aromatic heterocycles. The van der Waals surface area contributed by atoms with Crippen molar-refractivity contribution in [1.82, 2.24) is 4.90 Å². The summed E-state index contributed by atoms with van der Waals surface area (Å²) in [6.45, 7) is 7.45. The zero-order chi connectivity index (χ0) is 21.9. The highest BCUT2D eigenvalue weighted by atomic mass is 16.6. The van der Waals surface area contributed by atoms with Gasteiger partial charge in [-0.25, -0.2) is 9.59 Å². The Morgan fingerprint density at radius 1 is 1.14 bits per heavy atom. The fourth-order valence-electron chi connectivity index (χ4n) is 3.35. The lowest BCUT2D eigenvalue weighted by atomic mass is 9.79. The first kappa shape index (κ1) is 22.1. The molecule has 0 spiro atoms. The van der Waals surface area contributed by atoms with Crippen molar-refractivity contribution in [3.8, 4) is 0 Å². The van der Waals surface area contributed by atoms with E-state index in [0.717, 1.165) is 0 Å². The molecule has 8 nitrogen and oxygen atoms in total. The van der Waals surface area contributed by atoms with Crippen LogP contribution in [-0.4, -0.2) is 42.5 Å². The molecule has 1 atom stereocenters. The SMILES string of the molecule is COC(=O)C1=C(C)N(C)C(C)=C(C(=O)OCC(C)C)C1c1ccccc1[N+](=O)[O-]. The molecular weight excluding hydrogens is 376 g/mol. The number of nitro benzene ring substituents is 1. The summed E-state index contributed by atoms with van der Waals surface area (Å²) in [7, 11) is 2.96. The monoisotopic (exact) mass is 402 g/mol. The molecule has 1 aliphatic rings. The lowest BCUT2D eigenvalue weighted by Gasteiger charge is -2.35. The fraction of sp³-hybridized carbons (Fsp3) is 0.429. The van der Waals surface area contributed by atoms with Crippen molar-refractivity contribution in [2.75, 3.05) is 20.8 Å². The summed E-state index contributed by atoms with van der Waals surface area (Å²) in [6.07, 6.45) is 0. The summed E-state index contributed by atoms with van der Waals surface area (Å²) in [6, 6.07) is 6.08. The average Bonchev–Trinajstić information content (AvgIpc) is 2.69. The number of nitrogens with zero attached hydrogens (tertiary/aromatic N) is 2. The zero-order valence-electron chi connectivity index (χ0n) is 17.5. The van der Waals surface area contributed by atoms with Gasteiger partial charge in [0.1, 0.15) is 0 Å². The molecule has 0 radical (unpaired) electrons. The van der Waals surface area contributed by atoms with E-state index >= 15 is 0 Å². The lowest BCUT2D eigenvalue weighted by Crippen LogP contribution is -2.34. The molecule has 0 amide bonds. The molecule has 0 N–H and O–H groups in total. The van der Waals surface area contributed by atoms with Crippen molar-refractivity contribution in [2.24, 2.45) is 5.92 Å². The van der Waals surface area contributed by atoms with Crippen LogP contribution in [0.15, 0.2) is 46.8 Å². The zero-order valence-corrected chi connectivity index (χ0v) is 17.5. The maximum atomic E-state index is 13.0. The van der Waals surface area contributed by atoms with Gasteiger partial charge in [-0.1, -0.05) is 32.0 Å². The number of carbonyl (C=O) groups is 2. The van der Waals surface area contributed by atoms with E-state index in [2.05, 4.69) is 0 Å². The minimum absolute atomic E-state index is 0.114. The van der Waals surface area contributed by atoms with Crippen molar-refractivity contribution in [2.45, 2.75) is 33.6 Å². The van der Waals surface area contributed by atoms with Crippen molar-refractivity contribution in [3.63, 3.8) is 0 Å². The molecule has 1 aromatic carbocycles. The molecule has 2 rings (SSSR count). The van der Waals surface area contributed by atoms with Crippen molar-refractivity contribution in [1.29, 1.82) is 0 Å². The molecule has 8 heteroatoms. The molecule has 156 valence electrons. The second-order valence-electron chi connectivity index (χ2n) is 7.29. The van der Waals surface area contributed by atoms with Gasteiger partial charge in [0.2, 0.25) is 0 Å². The molecule has 0 saturated heterocycles. The molecule has 0 fully saturated rings. The van der Waals surface area contributed by atoms with Crippen molar-refractivity contribution in [3.05, 3.63) is 62.5 Å². The van der Waals surface area contributed by atoms with E-state index in [0.29, 0.717) is 11.4 Å². The van der Waals surface area contributed by atoms with Crippen molar-refractivity contribution < 1.29 is 24.0 Å².